The zero-order chi connectivity index (χ0) is 19.6. The van der Waals surface area contributed by atoms with Gasteiger partial charge in [0.25, 0.3) is 5.56 Å². The van der Waals surface area contributed by atoms with Crippen molar-refractivity contribution in [2.24, 2.45) is 0 Å². The molecule has 0 radical (unpaired) electrons. The highest BCUT2D eigenvalue weighted by molar-refractivity contribution is 5.68. The van der Waals surface area contributed by atoms with Crippen LogP contribution in [0.3, 0.4) is 0 Å². The molecule has 1 aliphatic heterocycles. The van der Waals surface area contributed by atoms with E-state index >= 15 is 0 Å². The van der Waals surface area contributed by atoms with Crippen LogP contribution < -0.4 is 15.8 Å². The molecule has 0 bridgehead atoms. The number of amides is 1. The lowest BCUT2D eigenvalue weighted by molar-refractivity contribution is -0.0408. The Hall–Kier alpha value is -2.77. The average molecular weight is 385 g/mol. The van der Waals surface area contributed by atoms with E-state index in [0.29, 0.717) is 0 Å². The fourth-order valence-electron chi connectivity index (χ4n) is 3.30. The molecule has 2 heterocycles. The number of halogens is 3. The van der Waals surface area contributed by atoms with E-state index in [-0.39, 0.29) is 50.0 Å². The second kappa shape index (κ2) is 7.46. The van der Waals surface area contributed by atoms with Crippen LogP contribution in [0.4, 0.5) is 23.7 Å². The molecule has 1 aromatic heterocycles. The second-order valence-electron chi connectivity index (χ2n) is 6.71. The van der Waals surface area contributed by atoms with Crippen molar-refractivity contribution in [2.75, 3.05) is 18.0 Å². The number of ether oxygens (including phenoxy) is 1. The second-order valence-corrected chi connectivity index (χ2v) is 6.71. The van der Waals surface area contributed by atoms with Crippen molar-refractivity contribution in [3.8, 4) is 6.07 Å². The molecule has 8 nitrogen and oxygen atoms in total. The Kier molecular flexibility index (Phi) is 5.25. The van der Waals surface area contributed by atoms with Crippen LogP contribution in [0.25, 0.3) is 0 Å². The first kappa shape index (κ1) is 19.0. The molecule has 1 saturated heterocycles. The summed E-state index contributed by atoms with van der Waals surface area (Å²) in [5.41, 5.74) is -0.739. The third-order valence-electron chi connectivity index (χ3n) is 4.78. The van der Waals surface area contributed by atoms with Crippen LogP contribution in [0, 0.1) is 11.3 Å². The molecule has 27 heavy (non-hydrogen) atoms. The molecule has 1 aliphatic carbocycles. The van der Waals surface area contributed by atoms with Crippen molar-refractivity contribution in [1.29, 1.82) is 5.26 Å². The first-order chi connectivity index (χ1) is 12.8. The Morgan fingerprint density at radius 2 is 2.11 bits per heavy atom. The van der Waals surface area contributed by atoms with Crippen LogP contribution >= 0.6 is 0 Å². The average Bonchev–Trinajstić information content (AvgIpc) is 2.97. The van der Waals surface area contributed by atoms with Gasteiger partial charge in [0, 0.05) is 18.9 Å². The number of H-pyrrole nitrogens is 1. The molecule has 1 aromatic rings. The molecule has 146 valence electrons. The Morgan fingerprint density at radius 3 is 2.78 bits per heavy atom. The predicted molar refractivity (Wildman–Crippen MR) is 87.3 cm³/mol. The van der Waals surface area contributed by atoms with Crippen LogP contribution in [-0.2, 0) is 4.74 Å². The normalized spacial score (nSPS) is 25.0. The maximum Gasteiger partial charge on any atom is 0.407 e. The van der Waals surface area contributed by atoms with Crippen molar-refractivity contribution in [3.63, 3.8) is 0 Å². The first-order valence-electron chi connectivity index (χ1n) is 8.51. The topological polar surface area (TPSA) is 111 Å². The Morgan fingerprint density at radius 1 is 1.41 bits per heavy atom. The molecule has 0 unspecified atom stereocenters. The number of anilines is 1. The van der Waals surface area contributed by atoms with E-state index in [1.54, 1.807) is 6.07 Å². The smallest absolute Gasteiger partial charge is 0.407 e. The van der Waals surface area contributed by atoms with E-state index in [4.69, 9.17) is 10.00 Å². The molecule has 2 aliphatic rings. The summed E-state index contributed by atoms with van der Waals surface area (Å²) < 4.78 is 45.6. The molecule has 0 spiro atoms. The molecule has 3 rings (SSSR count). The number of nitriles is 1. The van der Waals surface area contributed by atoms with E-state index < -0.39 is 35.9 Å². The van der Waals surface area contributed by atoms with E-state index in [1.807, 2.05) is 0 Å². The summed E-state index contributed by atoms with van der Waals surface area (Å²) in [7, 11) is 0. The largest absolute Gasteiger partial charge is 0.441 e. The molecule has 1 saturated carbocycles. The quantitative estimate of drug-likeness (QED) is 0.815. The van der Waals surface area contributed by atoms with Crippen molar-refractivity contribution < 1.29 is 22.7 Å². The van der Waals surface area contributed by atoms with Crippen LogP contribution in [0.15, 0.2) is 11.0 Å². The Balaban J connectivity index is 1.58. The number of alkyl halides is 3. The van der Waals surface area contributed by atoms with Crippen molar-refractivity contribution in [2.45, 2.75) is 49.9 Å². The maximum absolute atomic E-state index is 14.3. The van der Waals surface area contributed by atoms with Gasteiger partial charge in [-0.05, 0) is 12.8 Å². The third kappa shape index (κ3) is 4.32. The highest BCUT2D eigenvalue weighted by Gasteiger charge is 2.39. The Labute approximate surface area is 152 Å². The lowest BCUT2D eigenvalue weighted by atomic mass is 9.92. The van der Waals surface area contributed by atoms with Crippen LogP contribution in [0.5, 0.6) is 0 Å². The summed E-state index contributed by atoms with van der Waals surface area (Å²) in [6.45, 7) is -0.232. The standard InChI is InChI=1S/C16H18F3N5O3/c17-11-7-24(12-6-21-23-14(25)10(12)5-20)8-13(11)27-15(26)22-9-1-3-16(18,19)4-2-9/h6,9,11,13H,1-4,7-8H2,(H,22,26)(H,23,25)/t11-,13-/m0/s1. The molecular formula is C16H18F3N5O3. The summed E-state index contributed by atoms with van der Waals surface area (Å²) in [5.74, 6) is -2.71. The van der Waals surface area contributed by atoms with Gasteiger partial charge in [0.05, 0.1) is 25.0 Å². The highest BCUT2D eigenvalue weighted by atomic mass is 19.3. The number of hydrogen-bond acceptors (Lipinski definition) is 6. The summed E-state index contributed by atoms with van der Waals surface area (Å²) >= 11 is 0. The number of nitrogens with one attached hydrogen (secondary N) is 2. The van der Waals surface area contributed by atoms with Gasteiger partial charge in [-0.3, -0.25) is 4.79 Å². The number of aromatic amines is 1. The number of nitrogens with zero attached hydrogens (tertiary/aromatic N) is 3. The predicted octanol–water partition coefficient (Wildman–Crippen LogP) is 1.47. The highest BCUT2D eigenvalue weighted by Crippen LogP contribution is 2.33. The van der Waals surface area contributed by atoms with Gasteiger partial charge in [-0.2, -0.15) is 10.4 Å². The fraction of sp³-hybridized carbons (Fsp3) is 0.625. The van der Waals surface area contributed by atoms with E-state index in [2.05, 4.69) is 15.5 Å². The van der Waals surface area contributed by atoms with Gasteiger partial charge < -0.3 is 15.0 Å². The minimum Gasteiger partial charge on any atom is -0.441 e. The van der Waals surface area contributed by atoms with Gasteiger partial charge in [-0.15, -0.1) is 0 Å². The zero-order valence-electron chi connectivity index (χ0n) is 14.3. The van der Waals surface area contributed by atoms with Gasteiger partial charge in [0.1, 0.15) is 11.6 Å². The van der Waals surface area contributed by atoms with Gasteiger partial charge in [-0.25, -0.2) is 23.1 Å². The SMILES string of the molecule is N#Cc1c(N2C[C@H](OC(=O)NC3CCC(F)(F)CC3)[C@@H](F)C2)cn[nH]c1=O. The molecule has 1 amide bonds. The van der Waals surface area contributed by atoms with Crippen LogP contribution in [0.1, 0.15) is 31.2 Å². The van der Waals surface area contributed by atoms with Gasteiger partial charge >= 0.3 is 6.09 Å². The molecule has 2 N–H and O–H groups in total. The zero-order valence-corrected chi connectivity index (χ0v) is 14.3. The monoisotopic (exact) mass is 385 g/mol. The van der Waals surface area contributed by atoms with Gasteiger partial charge in [-0.1, -0.05) is 0 Å². The minimum atomic E-state index is -2.71. The lowest BCUT2D eigenvalue weighted by Gasteiger charge is -2.29. The molecule has 2 fully saturated rings. The van der Waals surface area contributed by atoms with Crippen LogP contribution in [-0.4, -0.2) is 53.6 Å². The summed E-state index contributed by atoms with van der Waals surface area (Å²) in [5, 5.41) is 17.3. The van der Waals surface area contributed by atoms with Crippen molar-refractivity contribution in [3.05, 3.63) is 22.1 Å². The minimum absolute atomic E-state index is 0.0584. The van der Waals surface area contributed by atoms with Crippen molar-refractivity contribution >= 4 is 11.8 Å². The lowest BCUT2D eigenvalue weighted by Crippen LogP contribution is -2.42. The van der Waals surface area contributed by atoms with Gasteiger partial charge in [0.15, 0.2) is 12.3 Å². The number of carbonyl (C=O) groups is 1. The number of rotatable bonds is 3. The summed E-state index contributed by atoms with van der Waals surface area (Å²) in [6.07, 6.45) is -2.65. The number of alkyl carbamates (subject to hydrolysis) is 1. The summed E-state index contributed by atoms with van der Waals surface area (Å²) in [6, 6.07) is 1.31. The fourth-order valence-corrected chi connectivity index (χ4v) is 3.30. The molecular weight excluding hydrogens is 367 g/mol. The summed E-state index contributed by atoms with van der Waals surface area (Å²) in [4.78, 5) is 25.0. The molecule has 11 heteroatoms. The van der Waals surface area contributed by atoms with Crippen LogP contribution in [0.2, 0.25) is 0 Å². The number of carbonyl (C=O) groups excluding carboxylic acids is 1. The third-order valence-corrected chi connectivity index (χ3v) is 4.78. The number of aromatic nitrogens is 2. The molecule has 2 atom stereocenters. The number of hydrogen-bond donors (Lipinski definition) is 2. The Bertz CT molecular complexity index is 799. The van der Waals surface area contributed by atoms with Gasteiger partial charge in [0.2, 0.25) is 5.92 Å². The molecule has 0 aromatic carbocycles. The van der Waals surface area contributed by atoms with Crippen molar-refractivity contribution in [1.82, 2.24) is 15.5 Å². The van der Waals surface area contributed by atoms with E-state index in [0.717, 1.165) is 0 Å². The first-order valence-corrected chi connectivity index (χ1v) is 8.51. The van der Waals surface area contributed by atoms with E-state index in [1.165, 1.54) is 11.1 Å². The maximum atomic E-state index is 14.3. The van der Waals surface area contributed by atoms with E-state index in [9.17, 15) is 22.8 Å².